The number of fused-ring (bicyclic) bond motifs is 1. The molecule has 7 nitrogen and oxygen atoms in total. The molecule has 0 amide bonds. The molecule has 4 aromatic rings. The van der Waals surface area contributed by atoms with Gasteiger partial charge in [-0.3, -0.25) is 4.79 Å². The minimum absolute atomic E-state index is 0.392. The summed E-state index contributed by atoms with van der Waals surface area (Å²) < 4.78 is 5.56. The fraction of sp³-hybridized carbons (Fsp3) is 0.240. The van der Waals surface area contributed by atoms with Gasteiger partial charge in [0.2, 0.25) is 0 Å². The van der Waals surface area contributed by atoms with Gasteiger partial charge in [0.05, 0.1) is 10.4 Å². The molecule has 1 fully saturated rings. The van der Waals surface area contributed by atoms with Crippen LogP contribution in [0.1, 0.15) is 28.8 Å². The quantitative estimate of drug-likeness (QED) is 0.344. The molecule has 0 radical (unpaired) electrons. The Morgan fingerprint density at radius 2 is 1.88 bits per heavy atom. The van der Waals surface area contributed by atoms with Crippen molar-refractivity contribution in [2.75, 3.05) is 18.4 Å². The third-order valence-corrected chi connectivity index (χ3v) is 5.75. The van der Waals surface area contributed by atoms with E-state index in [-0.39, 0.29) is 0 Å². The van der Waals surface area contributed by atoms with Gasteiger partial charge in [-0.2, -0.15) is 0 Å². The number of hydrogen-bond donors (Lipinski definition) is 3. The Morgan fingerprint density at radius 3 is 2.61 bits per heavy atom. The molecule has 1 aliphatic rings. The second kappa shape index (κ2) is 10.9. The summed E-state index contributed by atoms with van der Waals surface area (Å²) >= 11 is 5.88. The van der Waals surface area contributed by atoms with Crippen molar-refractivity contribution in [2.24, 2.45) is 0 Å². The Bertz CT molecular complexity index is 1210. The van der Waals surface area contributed by atoms with Gasteiger partial charge < -0.3 is 20.4 Å². The van der Waals surface area contributed by atoms with Crippen LogP contribution in [0, 0.1) is 6.92 Å². The lowest BCUT2D eigenvalue weighted by Gasteiger charge is -2.24. The van der Waals surface area contributed by atoms with Crippen LogP contribution in [0.4, 0.5) is 5.82 Å². The van der Waals surface area contributed by atoms with Gasteiger partial charge in [0, 0.05) is 23.9 Å². The molecule has 0 aliphatic carbocycles. The number of ether oxygens (including phenoxy) is 1. The van der Waals surface area contributed by atoms with Gasteiger partial charge >= 0.3 is 0 Å². The summed E-state index contributed by atoms with van der Waals surface area (Å²) in [6, 6.07) is 14.9. The Labute approximate surface area is 197 Å². The first-order chi connectivity index (χ1) is 16.1. The highest BCUT2D eigenvalue weighted by Gasteiger charge is 2.15. The third kappa shape index (κ3) is 5.88. The van der Waals surface area contributed by atoms with Crippen LogP contribution in [0.25, 0.3) is 11.0 Å². The lowest BCUT2D eigenvalue weighted by atomic mass is 10.1. The highest BCUT2D eigenvalue weighted by atomic mass is 35.5. The summed E-state index contributed by atoms with van der Waals surface area (Å²) in [7, 11) is 0. The van der Waals surface area contributed by atoms with Crippen molar-refractivity contribution in [1.29, 1.82) is 0 Å². The molecule has 3 heterocycles. The number of benzene rings is 2. The maximum absolute atomic E-state index is 10.6. The average molecular weight is 464 g/mol. The molecular formula is C25H26ClN5O2. The topological polar surface area (TPSA) is 91.9 Å². The number of carbonyl (C=O) groups excluding carboxylic acids is 1. The second-order valence-corrected chi connectivity index (χ2v) is 8.21. The lowest BCUT2D eigenvalue weighted by molar-refractivity contribution is 0.112. The molecule has 1 saturated heterocycles. The zero-order chi connectivity index (χ0) is 23.0. The van der Waals surface area contributed by atoms with E-state index >= 15 is 0 Å². The summed E-state index contributed by atoms with van der Waals surface area (Å²) in [6.07, 6.45) is 6.60. The first-order valence-corrected chi connectivity index (χ1v) is 11.3. The summed E-state index contributed by atoms with van der Waals surface area (Å²) in [4.78, 5) is 22.3. The molecule has 0 unspecified atom stereocenters. The monoisotopic (exact) mass is 463 g/mol. The number of para-hydroxylation sites is 1. The van der Waals surface area contributed by atoms with Crippen molar-refractivity contribution in [1.82, 2.24) is 20.3 Å². The van der Waals surface area contributed by atoms with Gasteiger partial charge in [-0.15, -0.1) is 0 Å². The third-order valence-electron chi connectivity index (χ3n) is 5.42. The van der Waals surface area contributed by atoms with Gasteiger partial charge in [-0.25, -0.2) is 9.97 Å². The summed E-state index contributed by atoms with van der Waals surface area (Å²) in [6.45, 7) is 4.24. The number of nitrogens with one attached hydrogen (secondary N) is 3. The molecule has 33 heavy (non-hydrogen) atoms. The van der Waals surface area contributed by atoms with E-state index in [1.165, 1.54) is 5.56 Å². The fourth-order valence-electron chi connectivity index (χ4n) is 3.68. The van der Waals surface area contributed by atoms with Crippen LogP contribution in [0.3, 0.4) is 0 Å². The van der Waals surface area contributed by atoms with E-state index in [9.17, 15) is 4.79 Å². The van der Waals surface area contributed by atoms with Crippen molar-refractivity contribution < 1.29 is 9.53 Å². The Balaban J connectivity index is 0.000000157. The van der Waals surface area contributed by atoms with E-state index in [4.69, 9.17) is 16.3 Å². The number of aromatic nitrogens is 3. The standard InChI is InChI=1S/C13H9ClO2.C12H17N5/c14-13-8-12(7-6-10(13)9-15)16-11-4-2-1-3-5-11;1-8-6-14-11-10(8)12(16-7-15-11)17-9-2-4-13-5-3-9/h1-9H;6-7,9,13H,2-5H2,1H3,(H2,14,15,16,17). The molecular weight excluding hydrogens is 438 g/mol. The van der Waals surface area contributed by atoms with Crippen LogP contribution in [-0.4, -0.2) is 40.4 Å². The Hall–Kier alpha value is -3.42. The lowest BCUT2D eigenvalue weighted by Crippen LogP contribution is -2.35. The van der Waals surface area contributed by atoms with Crippen molar-refractivity contribution in [3.63, 3.8) is 0 Å². The first-order valence-electron chi connectivity index (χ1n) is 10.9. The summed E-state index contributed by atoms with van der Waals surface area (Å²) in [5.74, 6) is 2.31. The highest BCUT2D eigenvalue weighted by Crippen LogP contribution is 2.26. The Morgan fingerprint density at radius 1 is 1.09 bits per heavy atom. The molecule has 0 saturated carbocycles. The number of aldehydes is 1. The molecule has 2 aromatic carbocycles. The fourth-order valence-corrected chi connectivity index (χ4v) is 3.89. The largest absolute Gasteiger partial charge is 0.457 e. The van der Waals surface area contributed by atoms with Gasteiger partial charge in [-0.1, -0.05) is 29.8 Å². The number of piperidine rings is 1. The molecule has 170 valence electrons. The van der Waals surface area contributed by atoms with Crippen LogP contribution < -0.4 is 15.4 Å². The van der Waals surface area contributed by atoms with Crippen molar-refractivity contribution in [2.45, 2.75) is 25.8 Å². The summed E-state index contributed by atoms with van der Waals surface area (Å²) in [5, 5.41) is 8.41. The molecule has 2 aromatic heterocycles. The Kier molecular flexibility index (Phi) is 7.55. The number of H-pyrrole nitrogens is 1. The minimum Gasteiger partial charge on any atom is -0.457 e. The van der Waals surface area contributed by atoms with E-state index < -0.39 is 0 Å². The van der Waals surface area contributed by atoms with Gasteiger partial charge in [0.1, 0.15) is 29.3 Å². The van der Waals surface area contributed by atoms with Gasteiger partial charge in [0.15, 0.2) is 6.29 Å². The molecule has 3 N–H and O–H groups in total. The number of aromatic amines is 1. The van der Waals surface area contributed by atoms with Gasteiger partial charge in [-0.05, 0) is 62.7 Å². The molecule has 5 rings (SSSR count). The maximum Gasteiger partial charge on any atom is 0.151 e. The van der Waals surface area contributed by atoms with E-state index in [2.05, 4.69) is 32.5 Å². The smallest absolute Gasteiger partial charge is 0.151 e. The van der Waals surface area contributed by atoms with Crippen LogP contribution in [-0.2, 0) is 0 Å². The SMILES string of the molecule is Cc1c[nH]c2ncnc(NC3CCNCC3)c12.O=Cc1ccc(Oc2ccccc2)cc1Cl. The van der Waals surface area contributed by atoms with Gasteiger partial charge in [0.25, 0.3) is 0 Å². The average Bonchev–Trinajstić information content (AvgIpc) is 3.23. The van der Waals surface area contributed by atoms with Crippen molar-refractivity contribution in [3.05, 3.63) is 77.2 Å². The molecule has 1 aliphatic heterocycles. The zero-order valence-electron chi connectivity index (χ0n) is 18.3. The number of anilines is 1. The molecule has 8 heteroatoms. The number of hydrogen-bond acceptors (Lipinski definition) is 6. The summed E-state index contributed by atoms with van der Waals surface area (Å²) in [5.41, 5.74) is 2.56. The number of aryl methyl sites for hydroxylation is 1. The zero-order valence-corrected chi connectivity index (χ0v) is 19.1. The van der Waals surface area contributed by atoms with Crippen LogP contribution in [0.5, 0.6) is 11.5 Å². The predicted octanol–water partition coefficient (Wildman–Crippen LogP) is 5.38. The first kappa shape index (κ1) is 22.8. The van der Waals surface area contributed by atoms with Crippen LogP contribution in [0.15, 0.2) is 61.1 Å². The van der Waals surface area contributed by atoms with E-state index in [0.29, 0.717) is 28.7 Å². The highest BCUT2D eigenvalue weighted by molar-refractivity contribution is 6.33. The maximum atomic E-state index is 10.6. The van der Waals surface area contributed by atoms with Crippen LogP contribution in [0.2, 0.25) is 5.02 Å². The number of carbonyl (C=O) groups is 1. The van der Waals surface area contributed by atoms with Crippen molar-refractivity contribution in [3.8, 4) is 11.5 Å². The molecule has 0 spiro atoms. The number of nitrogens with zero attached hydrogens (tertiary/aromatic N) is 2. The van der Waals surface area contributed by atoms with E-state index in [1.54, 1.807) is 24.5 Å². The van der Waals surface area contributed by atoms with Crippen LogP contribution >= 0.6 is 11.6 Å². The predicted molar refractivity (Wildman–Crippen MR) is 131 cm³/mol. The number of halogens is 1. The van der Waals surface area contributed by atoms with E-state index in [1.807, 2.05) is 36.5 Å². The number of rotatable bonds is 5. The normalized spacial score (nSPS) is 13.8. The van der Waals surface area contributed by atoms with E-state index in [0.717, 1.165) is 48.5 Å². The second-order valence-electron chi connectivity index (χ2n) is 7.80. The molecule has 0 bridgehead atoms. The molecule has 0 atom stereocenters. The van der Waals surface area contributed by atoms with Crippen molar-refractivity contribution >= 4 is 34.7 Å². The minimum atomic E-state index is 0.392.